The second-order valence-corrected chi connectivity index (χ2v) is 9.61. The summed E-state index contributed by atoms with van der Waals surface area (Å²) in [6.07, 6.45) is 6.45. The van der Waals surface area contributed by atoms with Crippen molar-refractivity contribution in [1.29, 1.82) is 0 Å². The van der Waals surface area contributed by atoms with Gasteiger partial charge in [0.15, 0.2) is 0 Å². The molecule has 8 nitrogen and oxygen atoms in total. The molecule has 3 amide bonds. The quantitative estimate of drug-likeness (QED) is 0.857. The summed E-state index contributed by atoms with van der Waals surface area (Å²) in [5.74, 6) is 2.31. The van der Waals surface area contributed by atoms with Gasteiger partial charge in [0.05, 0.1) is 11.3 Å². The topological polar surface area (TPSA) is 106 Å². The minimum absolute atomic E-state index is 0.0716. The van der Waals surface area contributed by atoms with Crippen LogP contribution < -0.4 is 5.73 Å². The number of nitrogens with zero attached hydrogens (tertiary/aromatic N) is 4. The summed E-state index contributed by atoms with van der Waals surface area (Å²) in [7, 11) is 0. The second-order valence-electron chi connectivity index (χ2n) is 9.61. The molecule has 8 heteroatoms. The van der Waals surface area contributed by atoms with Gasteiger partial charge in [-0.1, -0.05) is 0 Å². The monoisotopic (exact) mass is 371 g/mol. The van der Waals surface area contributed by atoms with Gasteiger partial charge in [-0.25, -0.2) is 4.79 Å². The molecule has 7 rings (SSSR count). The molecular formula is C19H25N5O3. The standard InChI is InChI=1S/C19H25N5O3/c20-14(25)12-3-4-23(5-12)17(26)24-6-13(7-24)18-8-19(9-18,10-18)16-22-21-15(27-16)11-1-2-11/h11-13H,1-10H2,(H2,20,25)/t12-,18?,19?/m0/s1. The first-order chi connectivity index (χ1) is 13.0. The van der Waals surface area contributed by atoms with Crippen molar-refractivity contribution in [3.05, 3.63) is 11.8 Å². The van der Waals surface area contributed by atoms with E-state index in [2.05, 4.69) is 10.2 Å². The molecule has 0 unspecified atom stereocenters. The van der Waals surface area contributed by atoms with Crippen LogP contribution in [0.25, 0.3) is 0 Å². The molecule has 2 N–H and O–H groups in total. The Hall–Kier alpha value is -2.12. The van der Waals surface area contributed by atoms with E-state index in [9.17, 15) is 9.59 Å². The number of primary amides is 1. The van der Waals surface area contributed by atoms with E-state index in [-0.39, 0.29) is 23.3 Å². The predicted octanol–water partition coefficient (Wildman–Crippen LogP) is 1.23. The maximum atomic E-state index is 12.6. The molecule has 27 heavy (non-hydrogen) atoms. The smallest absolute Gasteiger partial charge is 0.320 e. The van der Waals surface area contributed by atoms with Crippen LogP contribution in [0.3, 0.4) is 0 Å². The van der Waals surface area contributed by atoms with E-state index < -0.39 is 0 Å². The summed E-state index contributed by atoms with van der Waals surface area (Å²) >= 11 is 0. The largest absolute Gasteiger partial charge is 0.424 e. The number of urea groups is 1. The average molecular weight is 371 g/mol. The van der Waals surface area contributed by atoms with Gasteiger partial charge in [-0.05, 0) is 49.9 Å². The predicted molar refractivity (Wildman–Crippen MR) is 93.6 cm³/mol. The summed E-state index contributed by atoms with van der Waals surface area (Å²) in [6, 6.07) is 0.0716. The third kappa shape index (κ3) is 2.15. The number of amides is 3. The molecule has 1 aromatic rings. The van der Waals surface area contributed by atoms with Crippen LogP contribution in [0.2, 0.25) is 0 Å². The van der Waals surface area contributed by atoms with Crippen LogP contribution >= 0.6 is 0 Å². The molecule has 1 aromatic heterocycles. The van der Waals surface area contributed by atoms with Crippen molar-refractivity contribution in [1.82, 2.24) is 20.0 Å². The van der Waals surface area contributed by atoms with E-state index in [0.717, 1.165) is 44.1 Å². The molecule has 1 atom stereocenters. The van der Waals surface area contributed by atoms with Gasteiger partial charge in [0, 0.05) is 32.1 Å². The zero-order chi connectivity index (χ0) is 18.4. The number of carbonyl (C=O) groups is 2. The molecule has 0 radical (unpaired) electrons. The van der Waals surface area contributed by atoms with Crippen LogP contribution in [0, 0.1) is 17.3 Å². The van der Waals surface area contributed by atoms with Crippen molar-refractivity contribution in [2.45, 2.75) is 49.9 Å². The van der Waals surface area contributed by atoms with Crippen LogP contribution in [0.1, 0.15) is 56.2 Å². The van der Waals surface area contributed by atoms with Crippen molar-refractivity contribution < 1.29 is 14.0 Å². The highest BCUT2D eigenvalue weighted by atomic mass is 16.4. The summed E-state index contributed by atoms with van der Waals surface area (Å²) in [6.45, 7) is 2.79. The minimum Gasteiger partial charge on any atom is -0.424 e. The van der Waals surface area contributed by atoms with Crippen LogP contribution in [0.4, 0.5) is 4.79 Å². The van der Waals surface area contributed by atoms with Gasteiger partial charge in [0.2, 0.25) is 17.7 Å². The van der Waals surface area contributed by atoms with E-state index in [0.29, 0.717) is 36.8 Å². The SMILES string of the molecule is NC(=O)[C@H]1CCN(C(=O)N2CC(C34CC(c5nnc(C6CC6)o5)(C3)C4)C2)C1. The van der Waals surface area contributed by atoms with Gasteiger partial charge in [-0.2, -0.15) is 0 Å². The maximum absolute atomic E-state index is 12.6. The highest BCUT2D eigenvalue weighted by Crippen LogP contribution is 2.77. The highest BCUT2D eigenvalue weighted by molar-refractivity contribution is 5.80. The molecular weight excluding hydrogens is 346 g/mol. The highest BCUT2D eigenvalue weighted by Gasteiger charge is 2.74. The second kappa shape index (κ2) is 5.02. The molecule has 0 spiro atoms. The number of carbonyl (C=O) groups excluding carboxylic acids is 2. The first kappa shape index (κ1) is 15.9. The summed E-state index contributed by atoms with van der Waals surface area (Å²) in [5, 5.41) is 8.58. The van der Waals surface area contributed by atoms with Crippen LogP contribution in [-0.2, 0) is 10.2 Å². The molecule has 4 aliphatic carbocycles. The molecule has 3 heterocycles. The molecule has 2 saturated heterocycles. The molecule has 2 bridgehead atoms. The number of rotatable bonds is 4. The lowest BCUT2D eigenvalue weighted by Gasteiger charge is -2.74. The Morgan fingerprint density at radius 2 is 1.78 bits per heavy atom. The average Bonchev–Trinajstić information content (AvgIpc) is 3.07. The van der Waals surface area contributed by atoms with E-state index in [1.54, 1.807) is 4.90 Å². The van der Waals surface area contributed by atoms with Crippen LogP contribution in [0.5, 0.6) is 0 Å². The Morgan fingerprint density at radius 3 is 2.41 bits per heavy atom. The number of nitrogens with two attached hydrogens (primary N) is 1. The lowest BCUT2D eigenvalue weighted by Crippen LogP contribution is -2.73. The lowest BCUT2D eigenvalue weighted by atomic mass is 9.31. The Kier molecular flexibility index (Phi) is 2.96. The number of hydrogen-bond donors (Lipinski definition) is 1. The Balaban J connectivity index is 1.03. The minimum atomic E-state index is -0.295. The fraction of sp³-hybridized carbons (Fsp3) is 0.789. The van der Waals surface area contributed by atoms with E-state index >= 15 is 0 Å². The fourth-order valence-electron chi connectivity index (χ4n) is 5.86. The third-order valence-corrected chi connectivity index (χ3v) is 7.77. The van der Waals surface area contributed by atoms with E-state index in [1.165, 1.54) is 12.8 Å². The van der Waals surface area contributed by atoms with Gasteiger partial charge >= 0.3 is 6.03 Å². The van der Waals surface area contributed by atoms with E-state index in [4.69, 9.17) is 10.2 Å². The number of likely N-dealkylation sites (tertiary alicyclic amines) is 2. The van der Waals surface area contributed by atoms with Crippen molar-refractivity contribution >= 4 is 11.9 Å². The van der Waals surface area contributed by atoms with Crippen molar-refractivity contribution in [3.8, 4) is 0 Å². The van der Waals surface area contributed by atoms with Gasteiger partial charge in [-0.15, -0.1) is 10.2 Å². The van der Waals surface area contributed by atoms with Crippen LogP contribution in [0.15, 0.2) is 4.42 Å². The first-order valence-electron chi connectivity index (χ1n) is 10.2. The van der Waals surface area contributed by atoms with Crippen molar-refractivity contribution in [2.24, 2.45) is 23.0 Å². The molecule has 0 aromatic carbocycles. The summed E-state index contributed by atoms with van der Waals surface area (Å²) < 4.78 is 5.95. The molecule has 6 aliphatic rings. The third-order valence-electron chi connectivity index (χ3n) is 7.77. The Labute approximate surface area is 157 Å². The molecule has 144 valence electrons. The van der Waals surface area contributed by atoms with Gasteiger partial charge < -0.3 is 20.0 Å². The summed E-state index contributed by atoms with van der Waals surface area (Å²) in [5.41, 5.74) is 5.88. The zero-order valence-corrected chi connectivity index (χ0v) is 15.4. The normalized spacial score (nSPS) is 37.6. The zero-order valence-electron chi connectivity index (χ0n) is 15.4. The molecule has 4 saturated carbocycles. The van der Waals surface area contributed by atoms with Crippen molar-refractivity contribution in [2.75, 3.05) is 26.2 Å². The van der Waals surface area contributed by atoms with Gasteiger partial charge in [-0.3, -0.25) is 4.79 Å². The molecule has 2 aliphatic heterocycles. The van der Waals surface area contributed by atoms with Crippen molar-refractivity contribution in [3.63, 3.8) is 0 Å². The maximum Gasteiger partial charge on any atom is 0.320 e. The van der Waals surface area contributed by atoms with E-state index in [1.807, 2.05) is 4.90 Å². The lowest BCUT2D eigenvalue weighted by molar-refractivity contribution is -0.215. The number of aromatic nitrogens is 2. The first-order valence-corrected chi connectivity index (χ1v) is 10.2. The van der Waals surface area contributed by atoms with Gasteiger partial charge in [0.25, 0.3) is 0 Å². The molecule has 6 fully saturated rings. The van der Waals surface area contributed by atoms with Crippen LogP contribution in [-0.4, -0.2) is 58.1 Å². The summed E-state index contributed by atoms with van der Waals surface area (Å²) in [4.78, 5) is 27.6. The Bertz CT molecular complexity index is 805. The fourth-order valence-corrected chi connectivity index (χ4v) is 5.86. The Morgan fingerprint density at radius 1 is 1.04 bits per heavy atom. The van der Waals surface area contributed by atoms with Gasteiger partial charge in [0.1, 0.15) is 0 Å². The number of hydrogen-bond acceptors (Lipinski definition) is 5.